The molecule has 3 unspecified atom stereocenters. The molecule has 2 amide bonds. The molecule has 14 heteroatoms. The summed E-state index contributed by atoms with van der Waals surface area (Å²) >= 11 is 0. The van der Waals surface area contributed by atoms with E-state index in [1.165, 1.54) is 11.6 Å². The molecule has 0 radical (unpaired) electrons. The predicted molar refractivity (Wildman–Crippen MR) is 240 cm³/mol. The molecule has 326 valence electrons. The van der Waals surface area contributed by atoms with Gasteiger partial charge in [0.15, 0.2) is 0 Å². The van der Waals surface area contributed by atoms with E-state index >= 15 is 4.39 Å². The molecular formula is C48H59FN10O3. The molecular weight excluding hydrogens is 784 g/mol. The molecule has 2 aromatic carbocycles. The number of nitriles is 1. The van der Waals surface area contributed by atoms with Crippen LogP contribution in [0.2, 0.25) is 0 Å². The fourth-order valence-corrected chi connectivity index (χ4v) is 9.40. The topological polar surface area (TPSA) is 155 Å². The van der Waals surface area contributed by atoms with Gasteiger partial charge in [-0.1, -0.05) is 30.4 Å². The smallest absolute Gasteiger partial charge is 0.266 e. The highest BCUT2D eigenvalue weighted by Crippen LogP contribution is 2.31. The van der Waals surface area contributed by atoms with Gasteiger partial charge in [-0.3, -0.25) is 29.2 Å². The first-order valence-corrected chi connectivity index (χ1v) is 22.3. The Kier molecular flexibility index (Phi) is 13.9. The number of likely N-dealkylation sites (tertiary alicyclic amines) is 2. The first-order chi connectivity index (χ1) is 30.2. The third-order valence-electron chi connectivity index (χ3n) is 13.1. The third-order valence-corrected chi connectivity index (χ3v) is 13.1. The maximum absolute atomic E-state index is 15.3. The molecule has 3 atom stereocenters. The number of carbonyl (C=O) groups excluding carboxylic acids is 2. The molecule has 5 aliphatic heterocycles. The van der Waals surface area contributed by atoms with Crippen molar-refractivity contribution in [2.45, 2.75) is 69.7 Å². The van der Waals surface area contributed by atoms with Crippen LogP contribution in [0.1, 0.15) is 78.4 Å². The molecule has 13 nitrogen and oxygen atoms in total. The minimum atomic E-state index is -0.467. The number of allylic oxidation sites excluding steroid dienone is 3. The number of dihydropyridines is 1. The predicted octanol–water partition coefficient (Wildman–Crippen LogP) is 5.48. The van der Waals surface area contributed by atoms with E-state index in [-0.39, 0.29) is 29.9 Å². The van der Waals surface area contributed by atoms with Crippen LogP contribution >= 0.6 is 0 Å². The van der Waals surface area contributed by atoms with Crippen LogP contribution in [0.15, 0.2) is 84.8 Å². The highest BCUT2D eigenvalue weighted by atomic mass is 19.1. The van der Waals surface area contributed by atoms with Crippen molar-refractivity contribution >= 4 is 34.8 Å². The standard InChI is InChI=1S/C48H59FN10O3/c1-33-4-11-43(47(60)55-62-33)53-39-9-12-45(42(49)29-39)58-27-25-57(26-28-58)32-34-15-23-59(24-16-34)48(61)37-7-5-35(6-8-37)36-17-21-56(22-18-36)20-2-3-38-31-52-19-14-40(38)41-10-13-46(51)54-44(41)30-50/h2-3,5-10,12-14,19,29,31,33-34,36,43,46,53-54H,4,11,15-18,20-28,32,51H2,1H3,(H,55,60). The summed E-state index contributed by atoms with van der Waals surface area (Å²) in [5, 5.41) is 15.9. The van der Waals surface area contributed by atoms with Crippen molar-refractivity contribution in [1.29, 1.82) is 5.26 Å². The van der Waals surface area contributed by atoms with Gasteiger partial charge in [0.2, 0.25) is 0 Å². The zero-order chi connectivity index (χ0) is 43.0. The van der Waals surface area contributed by atoms with E-state index in [0.29, 0.717) is 35.3 Å². The number of aromatic nitrogens is 1. The number of hydroxylamine groups is 1. The normalized spacial score (nSPS) is 23.5. The Morgan fingerprint density at radius 1 is 0.984 bits per heavy atom. The van der Waals surface area contributed by atoms with Gasteiger partial charge in [0.25, 0.3) is 11.8 Å². The zero-order valence-electron chi connectivity index (χ0n) is 35.6. The van der Waals surface area contributed by atoms with Crippen molar-refractivity contribution in [3.8, 4) is 6.07 Å². The average molecular weight is 843 g/mol. The van der Waals surface area contributed by atoms with Gasteiger partial charge in [0, 0.05) is 87.1 Å². The summed E-state index contributed by atoms with van der Waals surface area (Å²) in [5.74, 6) is 0.588. The number of piperazine rings is 1. The van der Waals surface area contributed by atoms with Gasteiger partial charge in [0.1, 0.15) is 23.6 Å². The summed E-state index contributed by atoms with van der Waals surface area (Å²) in [7, 11) is 0. The number of benzene rings is 2. The minimum Gasteiger partial charge on any atom is -0.374 e. The molecule has 3 aromatic rings. The number of pyridine rings is 1. The summed E-state index contributed by atoms with van der Waals surface area (Å²) in [6.45, 7) is 10.5. The van der Waals surface area contributed by atoms with Gasteiger partial charge < -0.3 is 26.2 Å². The van der Waals surface area contributed by atoms with Crippen molar-refractivity contribution in [3.05, 3.63) is 113 Å². The second kappa shape index (κ2) is 20.1. The molecule has 62 heavy (non-hydrogen) atoms. The Bertz CT molecular complexity index is 2180. The second-order valence-corrected chi connectivity index (χ2v) is 17.4. The Morgan fingerprint density at radius 2 is 1.76 bits per heavy atom. The molecule has 0 saturated carbocycles. The molecule has 0 aliphatic carbocycles. The van der Waals surface area contributed by atoms with E-state index in [0.717, 1.165) is 120 Å². The first-order valence-electron chi connectivity index (χ1n) is 22.3. The van der Waals surface area contributed by atoms with Gasteiger partial charge in [-0.15, -0.1) is 0 Å². The number of hydrogen-bond donors (Lipinski definition) is 4. The first kappa shape index (κ1) is 43.1. The lowest BCUT2D eigenvalue weighted by molar-refractivity contribution is -0.135. The van der Waals surface area contributed by atoms with Crippen LogP contribution < -0.4 is 26.7 Å². The van der Waals surface area contributed by atoms with Crippen molar-refractivity contribution in [2.24, 2.45) is 11.7 Å². The number of carbonyl (C=O) groups is 2. The molecule has 1 aromatic heterocycles. The van der Waals surface area contributed by atoms with Crippen molar-refractivity contribution < 1.29 is 18.8 Å². The summed E-state index contributed by atoms with van der Waals surface area (Å²) in [5.41, 5.74) is 14.8. The average Bonchev–Trinajstić information content (AvgIpc) is 3.46. The quantitative estimate of drug-likeness (QED) is 0.194. The van der Waals surface area contributed by atoms with Gasteiger partial charge in [-0.25, -0.2) is 9.87 Å². The highest BCUT2D eigenvalue weighted by molar-refractivity contribution is 5.94. The fraction of sp³-hybridized carbons (Fsp3) is 0.458. The maximum Gasteiger partial charge on any atom is 0.266 e. The zero-order valence-corrected chi connectivity index (χ0v) is 35.6. The number of halogens is 1. The van der Waals surface area contributed by atoms with Crippen LogP contribution in [0.25, 0.3) is 11.6 Å². The SMILES string of the molecule is CC1CCC(Nc2ccc(N3CCN(CC4CCN(C(=O)c5ccc(C6CCN(CC=Cc7cnccc7C7=C(C#N)NC(N)C=C7)CC6)cc5)CC4)CC3)c(F)c2)C(=O)NO1. The second-order valence-electron chi connectivity index (χ2n) is 17.4. The van der Waals surface area contributed by atoms with Gasteiger partial charge >= 0.3 is 0 Å². The third kappa shape index (κ3) is 10.5. The van der Waals surface area contributed by atoms with Crippen LogP contribution in [0, 0.1) is 23.1 Å². The number of hydrogen-bond acceptors (Lipinski definition) is 11. The van der Waals surface area contributed by atoms with Crippen LogP contribution in [0.3, 0.4) is 0 Å². The monoisotopic (exact) mass is 842 g/mol. The molecule has 4 fully saturated rings. The number of anilines is 2. The number of nitrogens with two attached hydrogens (primary N) is 1. The summed E-state index contributed by atoms with van der Waals surface area (Å²) in [6, 6.07) is 17.2. The van der Waals surface area contributed by atoms with Crippen LogP contribution in [-0.4, -0.2) is 115 Å². The Balaban J connectivity index is 0.742. The van der Waals surface area contributed by atoms with Crippen LogP contribution in [0.4, 0.5) is 15.8 Å². The van der Waals surface area contributed by atoms with E-state index in [4.69, 9.17) is 10.6 Å². The van der Waals surface area contributed by atoms with Crippen LogP contribution in [-0.2, 0) is 9.63 Å². The number of rotatable bonds is 11. The van der Waals surface area contributed by atoms with E-state index < -0.39 is 6.04 Å². The Labute approximate surface area is 364 Å². The molecule has 5 N–H and O–H groups in total. The van der Waals surface area contributed by atoms with Gasteiger partial charge in [0.05, 0.1) is 18.0 Å². The number of piperidine rings is 2. The van der Waals surface area contributed by atoms with Crippen molar-refractivity contribution in [2.75, 3.05) is 75.7 Å². The maximum atomic E-state index is 15.3. The van der Waals surface area contributed by atoms with Crippen molar-refractivity contribution in [1.82, 2.24) is 30.5 Å². The van der Waals surface area contributed by atoms with E-state index in [1.54, 1.807) is 6.20 Å². The van der Waals surface area contributed by atoms with E-state index in [1.807, 2.05) is 60.5 Å². The number of nitrogens with zero attached hydrogens (tertiary/aromatic N) is 6. The molecule has 0 spiro atoms. The van der Waals surface area contributed by atoms with Gasteiger partial charge in [-0.05, 0) is 124 Å². The largest absolute Gasteiger partial charge is 0.374 e. The fourth-order valence-electron chi connectivity index (χ4n) is 9.40. The van der Waals surface area contributed by atoms with Crippen LogP contribution in [0.5, 0.6) is 0 Å². The molecule has 8 rings (SSSR count). The lowest BCUT2D eigenvalue weighted by Gasteiger charge is -2.39. The summed E-state index contributed by atoms with van der Waals surface area (Å²) < 4.78 is 15.3. The van der Waals surface area contributed by atoms with Crippen molar-refractivity contribution in [3.63, 3.8) is 0 Å². The summed E-state index contributed by atoms with van der Waals surface area (Å²) in [4.78, 5) is 44.6. The number of nitrogens with one attached hydrogen (secondary N) is 3. The Hall–Kier alpha value is -5.59. The van der Waals surface area contributed by atoms with E-state index in [2.05, 4.69) is 66.2 Å². The molecule has 4 saturated heterocycles. The molecule has 5 aliphatic rings. The molecule has 0 bridgehead atoms. The molecule has 6 heterocycles. The minimum absolute atomic E-state index is 0.0578. The lowest BCUT2D eigenvalue weighted by atomic mass is 9.89. The summed E-state index contributed by atoms with van der Waals surface area (Å²) in [6.07, 6.45) is 16.6. The lowest BCUT2D eigenvalue weighted by Crippen LogP contribution is -2.49. The Morgan fingerprint density at radius 3 is 2.50 bits per heavy atom. The highest BCUT2D eigenvalue weighted by Gasteiger charge is 2.29. The van der Waals surface area contributed by atoms with E-state index in [9.17, 15) is 14.9 Å². The van der Waals surface area contributed by atoms with Gasteiger partial charge in [-0.2, -0.15) is 5.26 Å². The number of amides is 2.